The van der Waals surface area contributed by atoms with Gasteiger partial charge in [0.25, 0.3) is 0 Å². The van der Waals surface area contributed by atoms with Crippen LogP contribution in [0.15, 0.2) is 24.3 Å². The van der Waals surface area contributed by atoms with Crippen LogP contribution in [0.3, 0.4) is 0 Å². The molecule has 0 saturated heterocycles. The van der Waals surface area contributed by atoms with Crippen LogP contribution in [0.2, 0.25) is 0 Å². The molecule has 174 valence electrons. The molecule has 0 radical (unpaired) electrons. The predicted molar refractivity (Wildman–Crippen MR) is 82.4 cm³/mol. The summed E-state index contributed by atoms with van der Waals surface area (Å²) < 4.78 is 154. The van der Waals surface area contributed by atoms with Crippen molar-refractivity contribution in [1.29, 1.82) is 0 Å². The maximum atomic E-state index is 14.0. The van der Waals surface area contributed by atoms with E-state index in [1.54, 1.807) is 13.8 Å². The Bertz CT molecular complexity index is 697. The molecule has 0 heterocycles. The first kappa shape index (κ1) is 26.2. The van der Waals surface area contributed by atoms with E-state index in [9.17, 15) is 48.3 Å². The monoisotopic (exact) mass is 462 g/mol. The summed E-state index contributed by atoms with van der Waals surface area (Å²) in [4.78, 5) is 0. The lowest BCUT2D eigenvalue weighted by Crippen LogP contribution is -2.66. The molecular weight excluding hydrogens is 445 g/mol. The summed E-state index contributed by atoms with van der Waals surface area (Å²) in [6.07, 6.45) is -11.8. The highest BCUT2D eigenvalue weighted by atomic mass is 19.4. The highest BCUT2D eigenvalue weighted by molar-refractivity contribution is 5.29. The Morgan fingerprint density at radius 3 is 1.57 bits per heavy atom. The van der Waals surface area contributed by atoms with Crippen LogP contribution in [0.1, 0.15) is 31.9 Å². The third kappa shape index (κ3) is 4.75. The van der Waals surface area contributed by atoms with Crippen LogP contribution in [-0.2, 0) is 4.74 Å². The van der Waals surface area contributed by atoms with E-state index in [-0.39, 0.29) is 17.4 Å². The van der Waals surface area contributed by atoms with Crippen molar-refractivity contribution in [1.82, 2.24) is 0 Å². The summed E-state index contributed by atoms with van der Waals surface area (Å²) in [5.74, 6) is -27.7. The SMILES string of the molecule is COC(CC(F)(F)C(F)(F)C(F)(F)C(F)(F)C(F)(F)F)c1ccc(OC(C)C)cc1. The normalized spacial score (nSPS) is 15.4. The fourth-order valence-corrected chi connectivity index (χ4v) is 2.34. The van der Waals surface area contributed by atoms with Crippen molar-refractivity contribution < 1.29 is 57.8 Å². The van der Waals surface area contributed by atoms with E-state index in [1.165, 1.54) is 12.1 Å². The van der Waals surface area contributed by atoms with Gasteiger partial charge in [0.2, 0.25) is 0 Å². The Kier molecular flexibility index (Phi) is 7.34. The number of alkyl halides is 11. The largest absolute Gasteiger partial charge is 0.491 e. The first-order valence-corrected chi connectivity index (χ1v) is 8.19. The van der Waals surface area contributed by atoms with Gasteiger partial charge in [-0.05, 0) is 31.5 Å². The number of benzene rings is 1. The highest BCUT2D eigenvalue weighted by Gasteiger charge is 2.87. The van der Waals surface area contributed by atoms with Gasteiger partial charge in [0.15, 0.2) is 0 Å². The summed E-state index contributed by atoms with van der Waals surface area (Å²) in [7, 11) is 0.736. The minimum absolute atomic E-state index is 0.233. The van der Waals surface area contributed by atoms with E-state index in [2.05, 4.69) is 4.74 Å². The molecule has 1 rings (SSSR count). The van der Waals surface area contributed by atoms with Gasteiger partial charge in [-0.2, -0.15) is 48.3 Å². The molecule has 0 fully saturated rings. The lowest BCUT2D eigenvalue weighted by atomic mass is 9.92. The average molecular weight is 462 g/mol. The first-order chi connectivity index (χ1) is 13.3. The molecule has 30 heavy (non-hydrogen) atoms. The number of ether oxygens (including phenoxy) is 2. The van der Waals surface area contributed by atoms with Gasteiger partial charge in [-0.25, -0.2) is 0 Å². The number of rotatable bonds is 9. The van der Waals surface area contributed by atoms with E-state index < -0.39 is 42.4 Å². The number of hydrogen-bond acceptors (Lipinski definition) is 2. The van der Waals surface area contributed by atoms with Crippen LogP contribution >= 0.6 is 0 Å². The van der Waals surface area contributed by atoms with E-state index in [4.69, 9.17) is 4.74 Å². The van der Waals surface area contributed by atoms with Gasteiger partial charge in [-0.3, -0.25) is 0 Å². The molecule has 0 aliphatic carbocycles. The van der Waals surface area contributed by atoms with Crippen LogP contribution in [0.25, 0.3) is 0 Å². The summed E-state index contributed by atoms with van der Waals surface area (Å²) in [5, 5.41) is 0. The molecule has 0 amide bonds. The Hall–Kier alpha value is -1.79. The third-order valence-electron chi connectivity index (χ3n) is 3.95. The molecule has 0 aromatic heterocycles. The lowest BCUT2D eigenvalue weighted by Gasteiger charge is -2.38. The molecular formula is C17H17F11O2. The minimum Gasteiger partial charge on any atom is -0.491 e. The topological polar surface area (TPSA) is 18.5 Å². The van der Waals surface area contributed by atoms with Crippen molar-refractivity contribution in [3.8, 4) is 5.75 Å². The van der Waals surface area contributed by atoms with Crippen molar-refractivity contribution in [2.75, 3.05) is 7.11 Å². The fourth-order valence-electron chi connectivity index (χ4n) is 2.34. The second-order valence-corrected chi connectivity index (χ2v) is 6.59. The standard InChI is InChI=1S/C17H17F11O2/c1-9(2)30-11-6-4-10(5-7-11)12(29-3)8-13(18,19)14(20,21)15(22,23)16(24,25)17(26,27)28/h4-7,9,12H,8H2,1-3H3. The van der Waals surface area contributed by atoms with Crippen LogP contribution in [0.5, 0.6) is 5.75 Å². The van der Waals surface area contributed by atoms with Crippen molar-refractivity contribution in [2.45, 2.75) is 62.3 Å². The second kappa shape index (κ2) is 8.39. The Morgan fingerprint density at radius 2 is 1.20 bits per heavy atom. The highest BCUT2D eigenvalue weighted by Crippen LogP contribution is 2.58. The molecule has 1 aromatic carbocycles. The Balaban J connectivity index is 3.22. The number of methoxy groups -OCH3 is 1. The maximum Gasteiger partial charge on any atom is 0.460 e. The van der Waals surface area contributed by atoms with Gasteiger partial charge in [0.05, 0.1) is 12.2 Å². The van der Waals surface area contributed by atoms with Gasteiger partial charge >= 0.3 is 29.9 Å². The Labute approximate surface area is 163 Å². The minimum atomic E-state index is -7.44. The van der Waals surface area contributed by atoms with Crippen LogP contribution < -0.4 is 4.74 Å². The van der Waals surface area contributed by atoms with Gasteiger partial charge in [0.1, 0.15) is 5.75 Å². The summed E-state index contributed by atoms with van der Waals surface area (Å²) >= 11 is 0. The average Bonchev–Trinajstić information content (AvgIpc) is 2.58. The van der Waals surface area contributed by atoms with E-state index in [0.717, 1.165) is 19.2 Å². The van der Waals surface area contributed by atoms with Crippen LogP contribution in [0.4, 0.5) is 48.3 Å². The smallest absolute Gasteiger partial charge is 0.460 e. The van der Waals surface area contributed by atoms with E-state index >= 15 is 0 Å². The van der Waals surface area contributed by atoms with Gasteiger partial charge < -0.3 is 9.47 Å². The molecule has 1 unspecified atom stereocenters. The molecule has 0 saturated carbocycles. The van der Waals surface area contributed by atoms with Crippen molar-refractivity contribution >= 4 is 0 Å². The molecule has 0 N–H and O–H groups in total. The molecule has 0 spiro atoms. The number of hydrogen-bond donors (Lipinski definition) is 0. The Morgan fingerprint density at radius 1 is 0.733 bits per heavy atom. The quantitative estimate of drug-likeness (QED) is 0.383. The molecule has 1 atom stereocenters. The second-order valence-electron chi connectivity index (χ2n) is 6.59. The van der Waals surface area contributed by atoms with E-state index in [1.807, 2.05) is 0 Å². The van der Waals surface area contributed by atoms with Crippen molar-refractivity contribution in [3.05, 3.63) is 29.8 Å². The van der Waals surface area contributed by atoms with Crippen molar-refractivity contribution in [3.63, 3.8) is 0 Å². The summed E-state index contributed by atoms with van der Waals surface area (Å²) in [6.45, 7) is 3.32. The summed E-state index contributed by atoms with van der Waals surface area (Å²) in [5.41, 5.74) is -0.255. The first-order valence-electron chi connectivity index (χ1n) is 8.19. The number of halogens is 11. The molecule has 0 aliphatic heterocycles. The zero-order chi connectivity index (χ0) is 23.8. The third-order valence-corrected chi connectivity index (χ3v) is 3.95. The maximum absolute atomic E-state index is 14.0. The van der Waals surface area contributed by atoms with Crippen molar-refractivity contribution in [2.24, 2.45) is 0 Å². The fraction of sp³-hybridized carbons (Fsp3) is 0.647. The van der Waals surface area contributed by atoms with E-state index in [0.29, 0.717) is 0 Å². The zero-order valence-corrected chi connectivity index (χ0v) is 15.6. The van der Waals surface area contributed by atoms with Crippen LogP contribution in [-0.4, -0.2) is 43.1 Å². The molecule has 13 heteroatoms. The predicted octanol–water partition coefficient (Wildman–Crippen LogP) is 6.65. The molecule has 0 aliphatic rings. The molecule has 0 bridgehead atoms. The molecule has 2 nitrogen and oxygen atoms in total. The molecule has 1 aromatic rings. The van der Waals surface area contributed by atoms with Crippen LogP contribution in [0, 0.1) is 0 Å². The zero-order valence-electron chi connectivity index (χ0n) is 15.6. The van der Waals surface area contributed by atoms with Gasteiger partial charge in [-0.15, -0.1) is 0 Å². The summed E-state index contributed by atoms with van der Waals surface area (Å²) in [6, 6.07) is 4.54. The van der Waals surface area contributed by atoms with Gasteiger partial charge in [-0.1, -0.05) is 12.1 Å². The van der Waals surface area contributed by atoms with Gasteiger partial charge in [0, 0.05) is 13.5 Å². The lowest BCUT2D eigenvalue weighted by molar-refractivity contribution is -0.423.